The smallest absolute Gasteiger partial charge is 0.372 e. The zero-order valence-corrected chi connectivity index (χ0v) is 12.8. The second-order valence-corrected chi connectivity index (χ2v) is 5.62. The summed E-state index contributed by atoms with van der Waals surface area (Å²) in [4.78, 5) is 11.0. The SMILES string of the molecule is CC(C)c1cc(Br)ccc1OCc1ccoc1C(=O)O. The van der Waals surface area contributed by atoms with Gasteiger partial charge in [-0.05, 0) is 35.7 Å². The number of benzene rings is 1. The Kier molecular flexibility index (Phi) is 4.49. The third-order valence-electron chi connectivity index (χ3n) is 2.92. The highest BCUT2D eigenvalue weighted by atomic mass is 79.9. The highest BCUT2D eigenvalue weighted by Gasteiger charge is 2.15. The summed E-state index contributed by atoms with van der Waals surface area (Å²) in [7, 11) is 0. The van der Waals surface area contributed by atoms with Gasteiger partial charge in [0.2, 0.25) is 5.76 Å². The Hall–Kier alpha value is -1.75. The first-order valence-electron chi connectivity index (χ1n) is 6.21. The van der Waals surface area contributed by atoms with Crippen molar-refractivity contribution in [3.63, 3.8) is 0 Å². The maximum absolute atomic E-state index is 11.0. The molecule has 0 unspecified atom stereocenters. The molecule has 5 heteroatoms. The molecule has 0 radical (unpaired) electrons. The van der Waals surface area contributed by atoms with Crippen LogP contribution in [0, 0.1) is 0 Å². The lowest BCUT2D eigenvalue weighted by Crippen LogP contribution is -2.04. The molecule has 1 heterocycles. The zero-order valence-electron chi connectivity index (χ0n) is 11.2. The molecule has 20 heavy (non-hydrogen) atoms. The molecule has 106 valence electrons. The van der Waals surface area contributed by atoms with Gasteiger partial charge >= 0.3 is 5.97 Å². The van der Waals surface area contributed by atoms with E-state index in [1.807, 2.05) is 18.2 Å². The van der Waals surface area contributed by atoms with Crippen molar-refractivity contribution in [3.8, 4) is 5.75 Å². The Morgan fingerprint density at radius 1 is 1.40 bits per heavy atom. The van der Waals surface area contributed by atoms with Crippen LogP contribution in [-0.2, 0) is 6.61 Å². The molecule has 0 aliphatic rings. The number of halogens is 1. The van der Waals surface area contributed by atoms with Gasteiger partial charge in [0, 0.05) is 10.0 Å². The molecule has 0 saturated heterocycles. The maximum Gasteiger partial charge on any atom is 0.372 e. The Bertz CT molecular complexity index is 616. The minimum atomic E-state index is -1.09. The fraction of sp³-hybridized carbons (Fsp3) is 0.267. The topological polar surface area (TPSA) is 59.7 Å². The quantitative estimate of drug-likeness (QED) is 0.875. The predicted molar refractivity (Wildman–Crippen MR) is 78.2 cm³/mol. The predicted octanol–water partition coefficient (Wildman–Crippen LogP) is 4.44. The fourth-order valence-electron chi connectivity index (χ4n) is 1.89. The Morgan fingerprint density at radius 2 is 2.15 bits per heavy atom. The van der Waals surface area contributed by atoms with Crippen LogP contribution >= 0.6 is 15.9 Å². The monoisotopic (exact) mass is 338 g/mol. The van der Waals surface area contributed by atoms with Gasteiger partial charge in [-0.3, -0.25) is 0 Å². The standard InChI is InChI=1S/C15H15BrO4/c1-9(2)12-7-11(16)3-4-13(12)20-8-10-5-6-19-14(10)15(17)18/h3-7,9H,8H2,1-2H3,(H,17,18). The molecule has 1 N–H and O–H groups in total. The van der Waals surface area contributed by atoms with Crippen molar-refractivity contribution in [2.75, 3.05) is 0 Å². The van der Waals surface area contributed by atoms with Crippen molar-refractivity contribution in [2.24, 2.45) is 0 Å². The molecule has 0 fully saturated rings. The third kappa shape index (κ3) is 3.22. The molecule has 0 saturated carbocycles. The highest BCUT2D eigenvalue weighted by Crippen LogP contribution is 2.30. The van der Waals surface area contributed by atoms with Crippen LogP contribution in [0.2, 0.25) is 0 Å². The summed E-state index contributed by atoms with van der Waals surface area (Å²) in [6, 6.07) is 7.39. The second kappa shape index (κ2) is 6.13. The molecular formula is C15H15BrO4. The van der Waals surface area contributed by atoms with Gasteiger partial charge in [-0.15, -0.1) is 0 Å². The molecule has 1 aromatic heterocycles. The lowest BCUT2D eigenvalue weighted by molar-refractivity contribution is 0.0658. The van der Waals surface area contributed by atoms with Gasteiger partial charge in [-0.1, -0.05) is 29.8 Å². The molecule has 4 nitrogen and oxygen atoms in total. The summed E-state index contributed by atoms with van der Waals surface area (Å²) in [5.41, 5.74) is 1.59. The van der Waals surface area contributed by atoms with E-state index < -0.39 is 5.97 Å². The first-order chi connectivity index (χ1) is 9.49. The number of furan rings is 1. The summed E-state index contributed by atoms with van der Waals surface area (Å²) in [6.45, 7) is 4.32. The number of carbonyl (C=O) groups is 1. The van der Waals surface area contributed by atoms with Crippen LogP contribution in [-0.4, -0.2) is 11.1 Å². The molecule has 2 aromatic rings. The minimum absolute atomic E-state index is 0.0757. The van der Waals surface area contributed by atoms with E-state index in [9.17, 15) is 4.79 Å². The van der Waals surface area contributed by atoms with E-state index in [1.165, 1.54) is 6.26 Å². The van der Waals surface area contributed by atoms with Gasteiger partial charge in [-0.25, -0.2) is 4.79 Å². The number of aromatic carboxylic acids is 1. The first-order valence-corrected chi connectivity index (χ1v) is 7.00. The number of hydrogen-bond donors (Lipinski definition) is 1. The van der Waals surface area contributed by atoms with Crippen LogP contribution in [0.5, 0.6) is 5.75 Å². The number of carboxylic acid groups (broad SMARTS) is 1. The van der Waals surface area contributed by atoms with E-state index in [4.69, 9.17) is 14.3 Å². The summed E-state index contributed by atoms with van der Waals surface area (Å²) in [5, 5.41) is 8.98. The van der Waals surface area contributed by atoms with Gasteiger partial charge in [0.05, 0.1) is 6.26 Å². The summed E-state index contributed by atoms with van der Waals surface area (Å²) >= 11 is 3.44. The highest BCUT2D eigenvalue weighted by molar-refractivity contribution is 9.10. The van der Waals surface area contributed by atoms with Gasteiger partial charge in [0.25, 0.3) is 0 Å². The fourth-order valence-corrected chi connectivity index (χ4v) is 2.27. The zero-order chi connectivity index (χ0) is 14.7. The Labute approximate surface area is 125 Å². The third-order valence-corrected chi connectivity index (χ3v) is 3.41. The van der Waals surface area contributed by atoms with E-state index in [-0.39, 0.29) is 12.4 Å². The van der Waals surface area contributed by atoms with Crippen molar-refractivity contribution in [2.45, 2.75) is 26.4 Å². The number of rotatable bonds is 5. The van der Waals surface area contributed by atoms with Crippen LogP contribution in [0.25, 0.3) is 0 Å². The van der Waals surface area contributed by atoms with Crippen molar-refractivity contribution in [3.05, 3.63) is 51.9 Å². The normalized spacial score (nSPS) is 10.8. The van der Waals surface area contributed by atoms with Crippen LogP contribution in [0.1, 0.15) is 41.4 Å². The van der Waals surface area contributed by atoms with Crippen molar-refractivity contribution >= 4 is 21.9 Å². The van der Waals surface area contributed by atoms with Crippen LogP contribution in [0.15, 0.2) is 39.4 Å². The largest absolute Gasteiger partial charge is 0.488 e. The average Bonchev–Trinajstić information content (AvgIpc) is 2.85. The van der Waals surface area contributed by atoms with E-state index in [0.29, 0.717) is 11.5 Å². The number of ether oxygens (including phenoxy) is 1. The summed E-state index contributed by atoms with van der Waals surface area (Å²) in [6.07, 6.45) is 1.35. The molecule has 0 aliphatic heterocycles. The van der Waals surface area contributed by atoms with Gasteiger partial charge in [0.1, 0.15) is 12.4 Å². The molecule has 0 amide bonds. The number of carboxylic acids is 1. The first kappa shape index (κ1) is 14.7. The van der Waals surface area contributed by atoms with E-state index in [0.717, 1.165) is 15.8 Å². The van der Waals surface area contributed by atoms with Crippen LogP contribution < -0.4 is 4.74 Å². The molecular weight excluding hydrogens is 324 g/mol. The molecule has 0 atom stereocenters. The molecule has 1 aromatic carbocycles. The Balaban J connectivity index is 2.19. The minimum Gasteiger partial charge on any atom is -0.488 e. The van der Waals surface area contributed by atoms with E-state index in [1.54, 1.807) is 6.07 Å². The van der Waals surface area contributed by atoms with Crippen LogP contribution in [0.3, 0.4) is 0 Å². The molecule has 0 bridgehead atoms. The molecule has 0 spiro atoms. The number of hydrogen-bond acceptors (Lipinski definition) is 3. The summed E-state index contributed by atoms with van der Waals surface area (Å²) < 4.78 is 11.7. The van der Waals surface area contributed by atoms with Gasteiger partial charge in [-0.2, -0.15) is 0 Å². The lowest BCUT2D eigenvalue weighted by Gasteiger charge is -2.14. The molecule has 0 aliphatic carbocycles. The van der Waals surface area contributed by atoms with Crippen LogP contribution in [0.4, 0.5) is 0 Å². The van der Waals surface area contributed by atoms with E-state index in [2.05, 4.69) is 29.8 Å². The summed E-state index contributed by atoms with van der Waals surface area (Å²) in [5.74, 6) is -0.103. The Morgan fingerprint density at radius 3 is 2.80 bits per heavy atom. The average molecular weight is 339 g/mol. The van der Waals surface area contributed by atoms with E-state index >= 15 is 0 Å². The van der Waals surface area contributed by atoms with Crippen molar-refractivity contribution in [1.82, 2.24) is 0 Å². The van der Waals surface area contributed by atoms with Crippen molar-refractivity contribution in [1.29, 1.82) is 0 Å². The van der Waals surface area contributed by atoms with Gasteiger partial charge < -0.3 is 14.3 Å². The second-order valence-electron chi connectivity index (χ2n) is 4.71. The maximum atomic E-state index is 11.0. The molecule has 2 rings (SSSR count). The van der Waals surface area contributed by atoms with Crippen molar-refractivity contribution < 1.29 is 19.1 Å². The lowest BCUT2D eigenvalue weighted by atomic mass is 10.0. The van der Waals surface area contributed by atoms with Gasteiger partial charge in [0.15, 0.2) is 0 Å².